The lowest BCUT2D eigenvalue weighted by Crippen LogP contribution is -2.45. The van der Waals surface area contributed by atoms with Gasteiger partial charge in [-0.05, 0) is 57.8 Å². The van der Waals surface area contributed by atoms with E-state index >= 15 is 0 Å². The Morgan fingerprint density at radius 1 is 0.403 bits per heavy atom. The number of hydrogen-bond donors (Lipinski definition) is 3. The maximum atomic E-state index is 12.4. The summed E-state index contributed by atoms with van der Waals surface area (Å²) in [7, 11) is 0. The third kappa shape index (κ3) is 53.5. The summed E-state index contributed by atoms with van der Waals surface area (Å²) in [6.45, 7) is 4.90. The van der Waals surface area contributed by atoms with Crippen molar-refractivity contribution in [1.82, 2.24) is 5.32 Å². The van der Waals surface area contributed by atoms with Crippen LogP contribution in [0.1, 0.15) is 328 Å². The summed E-state index contributed by atoms with van der Waals surface area (Å²) in [5, 5.41) is 23.0. The average molecular weight is 945 g/mol. The topological polar surface area (TPSA) is 95.9 Å². The van der Waals surface area contributed by atoms with Crippen LogP contribution in [-0.4, -0.2) is 47.4 Å². The van der Waals surface area contributed by atoms with E-state index in [1.54, 1.807) is 6.08 Å². The number of ether oxygens (including phenoxy) is 1. The van der Waals surface area contributed by atoms with Gasteiger partial charge in [0.05, 0.1) is 25.4 Å². The summed E-state index contributed by atoms with van der Waals surface area (Å²) >= 11 is 0. The van der Waals surface area contributed by atoms with Crippen LogP contribution < -0.4 is 5.32 Å². The van der Waals surface area contributed by atoms with Gasteiger partial charge < -0.3 is 20.3 Å². The molecule has 0 rings (SSSR count). The molecule has 0 aliphatic heterocycles. The van der Waals surface area contributed by atoms with E-state index in [1.165, 1.54) is 257 Å². The van der Waals surface area contributed by atoms with E-state index in [0.29, 0.717) is 19.4 Å². The molecule has 2 atom stereocenters. The van der Waals surface area contributed by atoms with Crippen molar-refractivity contribution in [2.24, 2.45) is 0 Å². The molecular weight excluding hydrogens is 827 g/mol. The van der Waals surface area contributed by atoms with Gasteiger partial charge in [-0.1, -0.05) is 282 Å². The van der Waals surface area contributed by atoms with Crippen LogP contribution in [0.4, 0.5) is 0 Å². The lowest BCUT2D eigenvalue weighted by atomic mass is 10.0. The molecule has 1 amide bonds. The first-order valence-corrected chi connectivity index (χ1v) is 30.1. The van der Waals surface area contributed by atoms with E-state index < -0.39 is 12.1 Å². The van der Waals surface area contributed by atoms with Crippen LogP contribution in [0.25, 0.3) is 0 Å². The molecule has 0 aromatic rings. The molecule has 2 unspecified atom stereocenters. The molecule has 0 saturated carbocycles. The number of aliphatic hydroxyl groups is 2. The first-order chi connectivity index (χ1) is 33.0. The van der Waals surface area contributed by atoms with Gasteiger partial charge in [-0.25, -0.2) is 0 Å². The number of hydrogen-bond acceptors (Lipinski definition) is 5. The Labute approximate surface area is 418 Å². The zero-order chi connectivity index (χ0) is 48.6. The molecule has 3 N–H and O–H groups in total. The highest BCUT2D eigenvalue weighted by Gasteiger charge is 2.18. The van der Waals surface area contributed by atoms with E-state index in [4.69, 9.17) is 4.74 Å². The third-order valence-corrected chi connectivity index (χ3v) is 14.0. The highest BCUT2D eigenvalue weighted by molar-refractivity contribution is 5.76. The molecule has 0 heterocycles. The summed E-state index contributed by atoms with van der Waals surface area (Å²) in [4.78, 5) is 24.5. The fourth-order valence-electron chi connectivity index (χ4n) is 9.34. The van der Waals surface area contributed by atoms with Gasteiger partial charge in [0, 0.05) is 12.8 Å². The molecule has 0 aliphatic rings. The van der Waals surface area contributed by atoms with Gasteiger partial charge in [0.1, 0.15) is 0 Å². The Hall–Kier alpha value is -1.66. The second-order valence-electron chi connectivity index (χ2n) is 20.7. The number of amides is 1. The Bertz CT molecular complexity index is 1040. The lowest BCUT2D eigenvalue weighted by Gasteiger charge is -2.20. The Kier molecular flexibility index (Phi) is 55.5. The van der Waals surface area contributed by atoms with Crippen molar-refractivity contribution in [2.75, 3.05) is 13.2 Å². The SMILES string of the molecule is CCCCCCCCCC/C=C/C(O)C(CO)NC(=O)CCCCCCCCC/C=C\CCCCCCCCCCCCCOC(=O)CCCCCCCCCCCCCCCCCCCC. The predicted molar refractivity (Wildman–Crippen MR) is 292 cm³/mol. The van der Waals surface area contributed by atoms with Crippen LogP contribution in [0.2, 0.25) is 0 Å². The summed E-state index contributed by atoms with van der Waals surface area (Å²) < 4.78 is 5.50. The standard InChI is InChI=1S/C61H117NO5/c1-3-5-7-9-11-13-15-16-17-18-26-29-32-35-39-43-47-51-55-61(66)67-56-52-48-44-40-36-33-30-27-24-22-20-19-21-23-25-28-31-34-38-42-46-50-54-60(65)62-58(57-63)59(64)53-49-45-41-37-14-12-10-8-6-4-2/h21,23,49,53,58-59,63-64H,3-20,22,24-48,50-52,54-57H2,1-2H3,(H,62,65)/b23-21-,53-49+. The molecule has 0 spiro atoms. The summed E-state index contributed by atoms with van der Waals surface area (Å²) in [6, 6.07) is -0.631. The number of unbranched alkanes of at least 4 members (excludes halogenated alkanes) is 43. The normalized spacial score (nSPS) is 12.7. The molecular formula is C61H117NO5. The van der Waals surface area contributed by atoms with Gasteiger partial charge in [0.25, 0.3) is 0 Å². The van der Waals surface area contributed by atoms with Crippen molar-refractivity contribution >= 4 is 11.9 Å². The second kappa shape index (κ2) is 56.9. The fourth-order valence-corrected chi connectivity index (χ4v) is 9.34. The van der Waals surface area contributed by atoms with Crippen LogP contribution in [0, 0.1) is 0 Å². The molecule has 0 fully saturated rings. The first kappa shape index (κ1) is 65.3. The van der Waals surface area contributed by atoms with Crippen LogP contribution >= 0.6 is 0 Å². The largest absolute Gasteiger partial charge is 0.466 e. The van der Waals surface area contributed by atoms with E-state index in [9.17, 15) is 19.8 Å². The summed E-state index contributed by atoms with van der Waals surface area (Å²) in [6.07, 6.45) is 69.4. The van der Waals surface area contributed by atoms with Gasteiger partial charge >= 0.3 is 5.97 Å². The highest BCUT2D eigenvalue weighted by atomic mass is 16.5. The Morgan fingerprint density at radius 2 is 0.701 bits per heavy atom. The molecule has 67 heavy (non-hydrogen) atoms. The number of esters is 1. The molecule has 6 nitrogen and oxygen atoms in total. The maximum absolute atomic E-state index is 12.4. The summed E-state index contributed by atoms with van der Waals surface area (Å²) in [5.74, 6) is -0.0625. The van der Waals surface area contributed by atoms with Gasteiger partial charge in [0.2, 0.25) is 5.91 Å². The molecule has 0 aliphatic carbocycles. The zero-order valence-electron chi connectivity index (χ0n) is 45.1. The van der Waals surface area contributed by atoms with Gasteiger partial charge in [-0.15, -0.1) is 0 Å². The zero-order valence-corrected chi connectivity index (χ0v) is 45.1. The Balaban J connectivity index is 3.38. The monoisotopic (exact) mass is 944 g/mol. The molecule has 396 valence electrons. The quantitative estimate of drug-likeness (QED) is 0.0321. The van der Waals surface area contributed by atoms with E-state index in [0.717, 1.165) is 44.9 Å². The minimum atomic E-state index is -0.846. The molecule has 0 bridgehead atoms. The van der Waals surface area contributed by atoms with E-state index in [1.807, 2.05) is 6.08 Å². The third-order valence-electron chi connectivity index (χ3n) is 14.0. The van der Waals surface area contributed by atoms with Gasteiger partial charge in [0.15, 0.2) is 0 Å². The van der Waals surface area contributed by atoms with E-state index in [-0.39, 0.29) is 18.5 Å². The molecule has 0 aromatic heterocycles. The lowest BCUT2D eigenvalue weighted by molar-refractivity contribution is -0.143. The molecule has 0 radical (unpaired) electrons. The fraction of sp³-hybridized carbons (Fsp3) is 0.902. The number of carbonyl (C=O) groups is 2. The van der Waals surface area contributed by atoms with Crippen molar-refractivity contribution < 1.29 is 24.5 Å². The highest BCUT2D eigenvalue weighted by Crippen LogP contribution is 2.17. The van der Waals surface area contributed by atoms with Crippen molar-refractivity contribution in [3.63, 3.8) is 0 Å². The minimum absolute atomic E-state index is 0.0138. The van der Waals surface area contributed by atoms with Crippen molar-refractivity contribution in [3.05, 3.63) is 24.3 Å². The maximum Gasteiger partial charge on any atom is 0.305 e. The number of rotatable bonds is 56. The second-order valence-corrected chi connectivity index (χ2v) is 20.7. The van der Waals surface area contributed by atoms with Crippen LogP contribution in [-0.2, 0) is 14.3 Å². The summed E-state index contributed by atoms with van der Waals surface area (Å²) in [5.41, 5.74) is 0. The molecule has 0 aromatic carbocycles. The smallest absolute Gasteiger partial charge is 0.305 e. The molecule has 0 saturated heterocycles. The van der Waals surface area contributed by atoms with Crippen molar-refractivity contribution in [2.45, 2.75) is 341 Å². The number of allylic oxidation sites excluding steroid dienone is 3. The van der Waals surface area contributed by atoms with Crippen LogP contribution in [0.3, 0.4) is 0 Å². The predicted octanol–water partition coefficient (Wildman–Crippen LogP) is 18.6. The number of nitrogens with one attached hydrogen (secondary N) is 1. The van der Waals surface area contributed by atoms with Gasteiger partial charge in [-0.3, -0.25) is 9.59 Å². The van der Waals surface area contributed by atoms with E-state index in [2.05, 4.69) is 31.3 Å². The number of carbonyl (C=O) groups excluding carboxylic acids is 2. The van der Waals surface area contributed by atoms with Crippen molar-refractivity contribution in [1.29, 1.82) is 0 Å². The minimum Gasteiger partial charge on any atom is -0.466 e. The first-order valence-electron chi connectivity index (χ1n) is 30.1. The van der Waals surface area contributed by atoms with Crippen LogP contribution in [0.15, 0.2) is 24.3 Å². The van der Waals surface area contributed by atoms with Gasteiger partial charge in [-0.2, -0.15) is 0 Å². The van der Waals surface area contributed by atoms with Crippen LogP contribution in [0.5, 0.6) is 0 Å². The average Bonchev–Trinajstić information content (AvgIpc) is 3.33. The molecule has 6 heteroatoms. The number of aliphatic hydroxyl groups excluding tert-OH is 2. The van der Waals surface area contributed by atoms with Crippen molar-refractivity contribution in [3.8, 4) is 0 Å². The Morgan fingerprint density at radius 3 is 1.06 bits per heavy atom.